The van der Waals surface area contributed by atoms with Gasteiger partial charge in [0.1, 0.15) is 0 Å². The van der Waals surface area contributed by atoms with E-state index in [1.807, 2.05) is 30.5 Å². The number of rotatable bonds is 9. The van der Waals surface area contributed by atoms with Crippen molar-refractivity contribution in [1.82, 2.24) is 9.88 Å². The Bertz CT molecular complexity index is 578. The molecule has 0 atom stereocenters. The molecular weight excluding hydrogens is 272 g/mol. The Balaban J connectivity index is 1.80. The molecule has 0 unspecified atom stereocenters. The van der Waals surface area contributed by atoms with Crippen LogP contribution >= 0.6 is 0 Å². The van der Waals surface area contributed by atoms with Gasteiger partial charge in [0.05, 0.1) is 11.2 Å². The van der Waals surface area contributed by atoms with Crippen molar-refractivity contribution in [2.24, 2.45) is 0 Å². The van der Waals surface area contributed by atoms with Gasteiger partial charge in [-0.1, -0.05) is 26.3 Å². The van der Waals surface area contributed by atoms with Crippen molar-refractivity contribution >= 4 is 22.3 Å². The normalized spacial score (nSPS) is 11.2. The number of benzene rings is 1. The number of nitrogen functional groups attached to an aromatic ring is 1. The van der Waals surface area contributed by atoms with Gasteiger partial charge in [0.2, 0.25) is 0 Å². The molecule has 0 saturated heterocycles. The average Bonchev–Trinajstić information content (AvgIpc) is 2.54. The molecule has 0 aliphatic heterocycles. The van der Waals surface area contributed by atoms with Crippen LogP contribution in [0.5, 0.6) is 0 Å². The third-order valence-corrected chi connectivity index (χ3v) is 4.09. The lowest BCUT2D eigenvalue weighted by Crippen LogP contribution is -2.23. The molecule has 120 valence electrons. The van der Waals surface area contributed by atoms with Gasteiger partial charge >= 0.3 is 0 Å². The van der Waals surface area contributed by atoms with Gasteiger partial charge in [0.25, 0.3) is 0 Å². The zero-order valence-electron chi connectivity index (χ0n) is 13.8. The van der Waals surface area contributed by atoms with E-state index in [0.717, 1.165) is 41.9 Å². The molecule has 1 aromatic heterocycles. The lowest BCUT2D eigenvalue weighted by molar-refractivity contribution is 0.296. The zero-order chi connectivity index (χ0) is 15.8. The maximum atomic E-state index is 5.97. The standard InChI is InChI=1S/C18H28N4/c1-3-22(4-2)12-7-5-6-10-20-17-14-16(19)13-15-9-8-11-21-18(15)17/h8-9,11,13-14,20H,3-7,10,12,19H2,1-2H3. The maximum absolute atomic E-state index is 5.97. The molecule has 0 radical (unpaired) electrons. The van der Waals surface area contributed by atoms with Gasteiger partial charge in [0.15, 0.2) is 0 Å². The highest BCUT2D eigenvalue weighted by atomic mass is 15.1. The molecular formula is C18H28N4. The van der Waals surface area contributed by atoms with Gasteiger partial charge in [-0.2, -0.15) is 0 Å². The number of anilines is 2. The lowest BCUT2D eigenvalue weighted by Gasteiger charge is -2.17. The zero-order valence-corrected chi connectivity index (χ0v) is 13.8. The number of hydrogen-bond donors (Lipinski definition) is 2. The summed E-state index contributed by atoms with van der Waals surface area (Å²) in [6.07, 6.45) is 5.51. The van der Waals surface area contributed by atoms with Crippen LogP contribution in [-0.2, 0) is 0 Å². The summed E-state index contributed by atoms with van der Waals surface area (Å²) in [5.41, 5.74) is 8.79. The molecule has 0 amide bonds. The predicted molar refractivity (Wildman–Crippen MR) is 96.3 cm³/mol. The minimum absolute atomic E-state index is 0.782. The molecule has 2 rings (SSSR count). The van der Waals surface area contributed by atoms with Gasteiger partial charge < -0.3 is 16.0 Å². The summed E-state index contributed by atoms with van der Waals surface area (Å²) in [5, 5.41) is 4.58. The quantitative estimate of drug-likeness (QED) is 0.547. The van der Waals surface area contributed by atoms with Crippen LogP contribution in [0.25, 0.3) is 10.9 Å². The van der Waals surface area contributed by atoms with Crippen LogP contribution in [0.15, 0.2) is 30.5 Å². The molecule has 0 aliphatic rings. The topological polar surface area (TPSA) is 54.2 Å². The Morgan fingerprint density at radius 3 is 2.73 bits per heavy atom. The lowest BCUT2D eigenvalue weighted by atomic mass is 10.1. The minimum Gasteiger partial charge on any atom is -0.399 e. The van der Waals surface area contributed by atoms with Crippen molar-refractivity contribution in [2.75, 3.05) is 37.2 Å². The smallest absolute Gasteiger partial charge is 0.0934 e. The number of aromatic nitrogens is 1. The van der Waals surface area contributed by atoms with E-state index >= 15 is 0 Å². The Kier molecular flexibility index (Phi) is 6.46. The molecule has 0 fully saturated rings. The van der Waals surface area contributed by atoms with Gasteiger partial charge in [-0.05, 0) is 50.7 Å². The summed E-state index contributed by atoms with van der Waals surface area (Å²) < 4.78 is 0. The van der Waals surface area contributed by atoms with E-state index in [9.17, 15) is 0 Å². The van der Waals surface area contributed by atoms with Crippen molar-refractivity contribution < 1.29 is 0 Å². The number of fused-ring (bicyclic) bond motifs is 1. The molecule has 0 bridgehead atoms. The Morgan fingerprint density at radius 2 is 1.95 bits per heavy atom. The van der Waals surface area contributed by atoms with Crippen LogP contribution in [0, 0.1) is 0 Å². The molecule has 4 nitrogen and oxygen atoms in total. The Hall–Kier alpha value is -1.81. The number of nitrogens with zero attached hydrogens (tertiary/aromatic N) is 2. The monoisotopic (exact) mass is 300 g/mol. The first-order valence-corrected chi connectivity index (χ1v) is 8.35. The second-order valence-electron chi connectivity index (χ2n) is 5.66. The summed E-state index contributed by atoms with van der Waals surface area (Å²) in [4.78, 5) is 6.93. The molecule has 0 spiro atoms. The van der Waals surface area contributed by atoms with E-state index in [-0.39, 0.29) is 0 Å². The first-order valence-electron chi connectivity index (χ1n) is 8.35. The summed E-state index contributed by atoms with van der Waals surface area (Å²) in [7, 11) is 0. The highest BCUT2D eigenvalue weighted by Crippen LogP contribution is 2.24. The predicted octanol–water partition coefficient (Wildman–Crippen LogP) is 3.74. The Labute approximate surface area is 133 Å². The minimum atomic E-state index is 0.782. The largest absolute Gasteiger partial charge is 0.399 e. The van der Waals surface area contributed by atoms with E-state index < -0.39 is 0 Å². The SMILES string of the molecule is CCN(CC)CCCCCNc1cc(N)cc2cccnc12. The first kappa shape index (κ1) is 16.6. The summed E-state index contributed by atoms with van der Waals surface area (Å²) in [5.74, 6) is 0. The third kappa shape index (κ3) is 4.60. The van der Waals surface area contributed by atoms with Gasteiger partial charge in [-0.3, -0.25) is 4.98 Å². The van der Waals surface area contributed by atoms with Gasteiger partial charge in [0, 0.05) is 23.8 Å². The molecule has 0 saturated carbocycles. The summed E-state index contributed by atoms with van der Waals surface area (Å²) in [6, 6.07) is 7.94. The molecule has 1 aromatic carbocycles. The first-order chi connectivity index (χ1) is 10.7. The van der Waals surface area contributed by atoms with Crippen molar-refractivity contribution in [3.05, 3.63) is 30.5 Å². The average molecular weight is 300 g/mol. The van der Waals surface area contributed by atoms with E-state index in [1.54, 1.807) is 0 Å². The van der Waals surface area contributed by atoms with E-state index in [2.05, 4.69) is 29.0 Å². The molecule has 4 heteroatoms. The van der Waals surface area contributed by atoms with E-state index in [4.69, 9.17) is 5.73 Å². The Morgan fingerprint density at radius 1 is 1.14 bits per heavy atom. The van der Waals surface area contributed by atoms with E-state index in [1.165, 1.54) is 25.8 Å². The van der Waals surface area contributed by atoms with Crippen LogP contribution < -0.4 is 11.1 Å². The number of pyridine rings is 1. The fourth-order valence-electron chi connectivity index (χ4n) is 2.75. The van der Waals surface area contributed by atoms with Crippen LogP contribution in [0.4, 0.5) is 11.4 Å². The second kappa shape index (κ2) is 8.59. The molecule has 22 heavy (non-hydrogen) atoms. The summed E-state index contributed by atoms with van der Waals surface area (Å²) in [6.45, 7) is 8.92. The molecule has 1 heterocycles. The highest BCUT2D eigenvalue weighted by molar-refractivity contribution is 5.93. The highest BCUT2D eigenvalue weighted by Gasteiger charge is 2.03. The van der Waals surface area contributed by atoms with Crippen LogP contribution in [0.1, 0.15) is 33.1 Å². The molecule has 3 N–H and O–H groups in total. The number of nitrogens with one attached hydrogen (secondary N) is 1. The van der Waals surface area contributed by atoms with Gasteiger partial charge in [-0.15, -0.1) is 0 Å². The second-order valence-corrected chi connectivity index (χ2v) is 5.66. The fraction of sp³-hybridized carbons (Fsp3) is 0.500. The third-order valence-electron chi connectivity index (χ3n) is 4.09. The molecule has 2 aromatic rings. The van der Waals surface area contributed by atoms with E-state index in [0.29, 0.717) is 0 Å². The van der Waals surface area contributed by atoms with Crippen molar-refractivity contribution in [3.63, 3.8) is 0 Å². The maximum Gasteiger partial charge on any atom is 0.0934 e. The summed E-state index contributed by atoms with van der Waals surface area (Å²) >= 11 is 0. The van der Waals surface area contributed by atoms with Crippen molar-refractivity contribution in [2.45, 2.75) is 33.1 Å². The van der Waals surface area contributed by atoms with Gasteiger partial charge in [-0.25, -0.2) is 0 Å². The number of hydrogen-bond acceptors (Lipinski definition) is 4. The van der Waals surface area contributed by atoms with Crippen LogP contribution in [0.3, 0.4) is 0 Å². The molecule has 0 aliphatic carbocycles. The fourth-order valence-corrected chi connectivity index (χ4v) is 2.75. The number of nitrogens with two attached hydrogens (primary N) is 1. The van der Waals surface area contributed by atoms with Crippen molar-refractivity contribution in [1.29, 1.82) is 0 Å². The van der Waals surface area contributed by atoms with Crippen LogP contribution in [0.2, 0.25) is 0 Å². The number of unbranched alkanes of at least 4 members (excludes halogenated alkanes) is 2. The van der Waals surface area contributed by atoms with Crippen LogP contribution in [-0.4, -0.2) is 36.1 Å². The van der Waals surface area contributed by atoms with Crippen molar-refractivity contribution in [3.8, 4) is 0 Å².